The summed E-state index contributed by atoms with van der Waals surface area (Å²) in [5.74, 6) is 0.120. The number of benzene rings is 2. The van der Waals surface area contributed by atoms with E-state index in [1.807, 2.05) is 32.2 Å². The molecule has 1 N–H and O–H groups in total. The van der Waals surface area contributed by atoms with E-state index in [1.165, 1.54) is 16.3 Å². The van der Waals surface area contributed by atoms with Crippen LogP contribution < -0.4 is 5.32 Å². The minimum Gasteiger partial charge on any atom is -0.340 e. The van der Waals surface area contributed by atoms with Crippen LogP contribution in [0.1, 0.15) is 12.5 Å². The number of fused-ring (bicyclic) bond motifs is 1. The molecule has 2 aromatic rings. The van der Waals surface area contributed by atoms with Crippen LogP contribution in [0.4, 0.5) is 0 Å². The fourth-order valence-corrected chi connectivity index (χ4v) is 2.14. The van der Waals surface area contributed by atoms with Crippen LogP contribution >= 0.6 is 0 Å². The summed E-state index contributed by atoms with van der Waals surface area (Å²) in [6.45, 7) is 3.86. The zero-order valence-corrected chi connectivity index (χ0v) is 11.5. The van der Waals surface area contributed by atoms with E-state index in [0.717, 1.165) is 6.54 Å². The number of nitrogens with one attached hydrogen (secondary N) is 1. The van der Waals surface area contributed by atoms with Crippen molar-refractivity contribution in [2.75, 3.05) is 20.1 Å². The minimum atomic E-state index is 0.120. The molecule has 0 heterocycles. The van der Waals surface area contributed by atoms with Gasteiger partial charge >= 0.3 is 0 Å². The molecule has 0 saturated carbocycles. The Kier molecular flexibility index (Phi) is 4.53. The van der Waals surface area contributed by atoms with Crippen LogP contribution in [0.5, 0.6) is 0 Å². The number of nitrogens with zero attached hydrogens (tertiary/aromatic N) is 1. The van der Waals surface area contributed by atoms with Gasteiger partial charge in [-0.3, -0.25) is 4.79 Å². The molecule has 0 aliphatic carbocycles. The summed E-state index contributed by atoms with van der Waals surface area (Å²) in [5.41, 5.74) is 1.19. The van der Waals surface area contributed by atoms with Crippen LogP contribution in [-0.2, 0) is 11.3 Å². The highest BCUT2D eigenvalue weighted by Gasteiger charge is 2.09. The molecule has 1 amide bonds. The lowest BCUT2D eigenvalue weighted by atomic mass is 10.0. The van der Waals surface area contributed by atoms with Crippen LogP contribution in [0.2, 0.25) is 0 Å². The first-order chi connectivity index (χ1) is 9.22. The summed E-state index contributed by atoms with van der Waals surface area (Å²) in [4.78, 5) is 13.7. The van der Waals surface area contributed by atoms with Crippen LogP contribution in [-0.4, -0.2) is 30.9 Å². The molecular weight excluding hydrogens is 236 g/mol. The Morgan fingerprint density at radius 2 is 1.89 bits per heavy atom. The molecule has 100 valence electrons. The molecule has 0 atom stereocenters. The lowest BCUT2D eigenvalue weighted by Gasteiger charge is -2.18. The van der Waals surface area contributed by atoms with Gasteiger partial charge in [0.2, 0.25) is 5.91 Å². The zero-order chi connectivity index (χ0) is 13.7. The number of carbonyl (C=O) groups excluding carboxylic acids is 1. The second-order valence-corrected chi connectivity index (χ2v) is 4.67. The number of hydrogen-bond acceptors (Lipinski definition) is 2. The van der Waals surface area contributed by atoms with Gasteiger partial charge < -0.3 is 10.2 Å². The first-order valence-electron chi connectivity index (χ1n) is 6.63. The van der Waals surface area contributed by atoms with Crippen LogP contribution in [0.3, 0.4) is 0 Å². The second-order valence-electron chi connectivity index (χ2n) is 4.67. The standard InChI is InChI=1S/C16H20N2O/c1-3-17-11-16(19)18(2)12-14-9-6-8-13-7-4-5-10-15(13)14/h4-10,17H,3,11-12H2,1-2H3. The van der Waals surface area contributed by atoms with Crippen LogP contribution in [0.15, 0.2) is 42.5 Å². The summed E-state index contributed by atoms with van der Waals surface area (Å²) >= 11 is 0. The number of hydrogen-bond donors (Lipinski definition) is 1. The number of likely N-dealkylation sites (N-methyl/N-ethyl adjacent to an activating group) is 2. The third kappa shape index (κ3) is 3.32. The minimum absolute atomic E-state index is 0.120. The van der Waals surface area contributed by atoms with E-state index in [4.69, 9.17) is 0 Å². The fraction of sp³-hybridized carbons (Fsp3) is 0.312. The first-order valence-corrected chi connectivity index (χ1v) is 6.63. The van der Waals surface area contributed by atoms with Gasteiger partial charge in [0.25, 0.3) is 0 Å². The van der Waals surface area contributed by atoms with Crippen LogP contribution in [0, 0.1) is 0 Å². The van der Waals surface area contributed by atoms with Crippen molar-refractivity contribution in [1.82, 2.24) is 10.2 Å². The van der Waals surface area contributed by atoms with Gasteiger partial charge in [-0.25, -0.2) is 0 Å². The van der Waals surface area contributed by atoms with E-state index < -0.39 is 0 Å². The summed E-state index contributed by atoms with van der Waals surface area (Å²) in [7, 11) is 1.85. The Morgan fingerprint density at radius 1 is 1.16 bits per heavy atom. The van der Waals surface area contributed by atoms with Crippen molar-refractivity contribution in [3.63, 3.8) is 0 Å². The number of carbonyl (C=O) groups is 1. The fourth-order valence-electron chi connectivity index (χ4n) is 2.14. The Labute approximate surface area is 114 Å². The molecule has 19 heavy (non-hydrogen) atoms. The smallest absolute Gasteiger partial charge is 0.236 e. The lowest BCUT2D eigenvalue weighted by Crippen LogP contribution is -2.35. The van der Waals surface area contributed by atoms with Gasteiger partial charge in [-0.1, -0.05) is 49.4 Å². The van der Waals surface area contributed by atoms with Gasteiger partial charge in [0, 0.05) is 13.6 Å². The Bertz CT molecular complexity index is 560. The topological polar surface area (TPSA) is 32.3 Å². The van der Waals surface area contributed by atoms with Crippen molar-refractivity contribution in [2.24, 2.45) is 0 Å². The number of rotatable bonds is 5. The molecule has 0 aromatic heterocycles. The van der Waals surface area contributed by atoms with Crippen molar-refractivity contribution < 1.29 is 4.79 Å². The Balaban J connectivity index is 2.15. The maximum atomic E-state index is 11.9. The van der Waals surface area contributed by atoms with Gasteiger partial charge in [0.05, 0.1) is 6.54 Å². The molecule has 0 aliphatic heterocycles. The molecule has 0 saturated heterocycles. The van der Waals surface area contributed by atoms with Crippen molar-refractivity contribution in [3.8, 4) is 0 Å². The molecule has 0 spiro atoms. The van der Waals surface area contributed by atoms with E-state index in [0.29, 0.717) is 13.1 Å². The summed E-state index contributed by atoms with van der Waals surface area (Å²) in [5, 5.41) is 5.49. The predicted octanol–water partition coefficient (Wildman–Crippen LogP) is 2.41. The van der Waals surface area contributed by atoms with E-state index in [-0.39, 0.29) is 5.91 Å². The Morgan fingerprint density at radius 3 is 2.68 bits per heavy atom. The van der Waals surface area contributed by atoms with Gasteiger partial charge in [-0.2, -0.15) is 0 Å². The molecule has 2 aromatic carbocycles. The van der Waals surface area contributed by atoms with Gasteiger partial charge in [-0.15, -0.1) is 0 Å². The third-order valence-electron chi connectivity index (χ3n) is 3.24. The van der Waals surface area contributed by atoms with Crippen LogP contribution in [0.25, 0.3) is 10.8 Å². The van der Waals surface area contributed by atoms with E-state index in [9.17, 15) is 4.79 Å². The van der Waals surface area contributed by atoms with E-state index in [1.54, 1.807) is 4.90 Å². The SMILES string of the molecule is CCNCC(=O)N(C)Cc1cccc2ccccc12. The quantitative estimate of drug-likeness (QED) is 0.891. The highest BCUT2D eigenvalue weighted by atomic mass is 16.2. The summed E-state index contributed by atoms with van der Waals surface area (Å²) < 4.78 is 0. The van der Waals surface area contributed by atoms with Crippen molar-refractivity contribution in [1.29, 1.82) is 0 Å². The molecule has 3 heteroatoms. The predicted molar refractivity (Wildman–Crippen MR) is 79.0 cm³/mol. The third-order valence-corrected chi connectivity index (χ3v) is 3.24. The van der Waals surface area contributed by atoms with E-state index in [2.05, 4.69) is 29.6 Å². The molecule has 0 aliphatic rings. The van der Waals surface area contributed by atoms with E-state index >= 15 is 0 Å². The van der Waals surface area contributed by atoms with Crippen molar-refractivity contribution in [2.45, 2.75) is 13.5 Å². The first kappa shape index (κ1) is 13.6. The maximum Gasteiger partial charge on any atom is 0.236 e. The highest BCUT2D eigenvalue weighted by molar-refractivity contribution is 5.86. The highest BCUT2D eigenvalue weighted by Crippen LogP contribution is 2.19. The van der Waals surface area contributed by atoms with Gasteiger partial charge in [-0.05, 0) is 22.9 Å². The molecule has 3 nitrogen and oxygen atoms in total. The zero-order valence-electron chi connectivity index (χ0n) is 11.5. The molecule has 0 fully saturated rings. The summed E-state index contributed by atoms with van der Waals surface area (Å²) in [6, 6.07) is 14.5. The summed E-state index contributed by atoms with van der Waals surface area (Å²) in [6.07, 6.45) is 0. The second kappa shape index (κ2) is 6.34. The van der Waals surface area contributed by atoms with Gasteiger partial charge in [0.1, 0.15) is 0 Å². The molecular formula is C16H20N2O. The largest absolute Gasteiger partial charge is 0.340 e. The normalized spacial score (nSPS) is 10.6. The average molecular weight is 256 g/mol. The molecule has 2 rings (SSSR count). The maximum absolute atomic E-state index is 11.9. The van der Waals surface area contributed by atoms with Crippen molar-refractivity contribution >= 4 is 16.7 Å². The van der Waals surface area contributed by atoms with Crippen molar-refractivity contribution in [3.05, 3.63) is 48.0 Å². The average Bonchev–Trinajstić information content (AvgIpc) is 2.45. The molecule has 0 unspecified atom stereocenters. The van der Waals surface area contributed by atoms with Gasteiger partial charge in [0.15, 0.2) is 0 Å². The molecule has 0 radical (unpaired) electrons. The number of amides is 1. The monoisotopic (exact) mass is 256 g/mol. The Hall–Kier alpha value is -1.87. The lowest BCUT2D eigenvalue weighted by molar-refractivity contribution is -0.129. The molecule has 0 bridgehead atoms.